The monoisotopic (exact) mass is 346 g/mol. The van der Waals surface area contributed by atoms with Crippen LogP contribution in [-0.2, 0) is 11.2 Å². The number of piperazine rings is 1. The largest absolute Gasteiger partial charge is 0.339 e. The van der Waals surface area contributed by atoms with Gasteiger partial charge in [-0.15, -0.1) is 11.3 Å². The second kappa shape index (κ2) is 7.57. The second-order valence-electron chi connectivity index (χ2n) is 5.76. The first-order valence-electron chi connectivity index (χ1n) is 7.98. The van der Waals surface area contributed by atoms with Gasteiger partial charge in [-0.3, -0.25) is 9.59 Å². The summed E-state index contributed by atoms with van der Waals surface area (Å²) in [5, 5.41) is 2.01. The van der Waals surface area contributed by atoms with Crippen molar-refractivity contribution in [1.29, 1.82) is 0 Å². The maximum atomic E-state index is 13.2. The van der Waals surface area contributed by atoms with Crippen molar-refractivity contribution in [2.45, 2.75) is 12.8 Å². The summed E-state index contributed by atoms with van der Waals surface area (Å²) in [7, 11) is 0. The first-order valence-corrected chi connectivity index (χ1v) is 8.86. The number of carbonyl (C=O) groups excluding carboxylic acids is 2. The van der Waals surface area contributed by atoms with Crippen molar-refractivity contribution in [2.75, 3.05) is 26.2 Å². The summed E-state index contributed by atoms with van der Waals surface area (Å²) in [6.45, 7) is 2.04. The molecule has 126 valence electrons. The Hall–Kier alpha value is -2.21. The Balaban J connectivity index is 1.50. The molecule has 0 saturated carbocycles. The third-order valence-corrected chi connectivity index (χ3v) is 5.09. The molecule has 2 aromatic rings. The maximum absolute atomic E-state index is 13.2. The van der Waals surface area contributed by atoms with Crippen LogP contribution in [0.5, 0.6) is 0 Å². The molecule has 1 aromatic heterocycles. The van der Waals surface area contributed by atoms with E-state index in [9.17, 15) is 14.0 Å². The van der Waals surface area contributed by atoms with Gasteiger partial charge in [0.25, 0.3) is 5.91 Å². The van der Waals surface area contributed by atoms with Crippen LogP contribution in [0.15, 0.2) is 41.8 Å². The van der Waals surface area contributed by atoms with Crippen molar-refractivity contribution in [3.05, 3.63) is 58.0 Å². The zero-order valence-electron chi connectivity index (χ0n) is 13.3. The normalized spacial score (nSPS) is 14.7. The number of carbonyl (C=O) groups is 2. The van der Waals surface area contributed by atoms with Crippen LogP contribution in [0.2, 0.25) is 0 Å². The molecule has 0 aliphatic carbocycles. The van der Waals surface area contributed by atoms with E-state index in [1.165, 1.54) is 23.1 Å². The second-order valence-corrected chi connectivity index (χ2v) is 6.79. The summed E-state index contributed by atoms with van der Waals surface area (Å²) in [6.07, 6.45) is 1.26. The van der Waals surface area contributed by atoms with E-state index in [1.54, 1.807) is 22.3 Å². The van der Waals surface area contributed by atoms with E-state index >= 15 is 0 Å². The molecule has 0 bridgehead atoms. The van der Waals surface area contributed by atoms with Gasteiger partial charge < -0.3 is 9.80 Å². The third-order valence-electron chi connectivity index (χ3n) is 4.16. The van der Waals surface area contributed by atoms with Gasteiger partial charge in [0, 0.05) is 43.0 Å². The van der Waals surface area contributed by atoms with Gasteiger partial charge in [-0.05, 0) is 36.1 Å². The molecule has 1 aromatic carbocycles. The predicted octanol–water partition coefficient (Wildman–Crippen LogP) is 2.80. The molecule has 4 nitrogen and oxygen atoms in total. The fourth-order valence-corrected chi connectivity index (χ4v) is 3.52. The molecule has 3 rings (SSSR count). The Morgan fingerprint density at radius 1 is 1.04 bits per heavy atom. The highest BCUT2D eigenvalue weighted by molar-refractivity contribution is 7.09. The topological polar surface area (TPSA) is 40.6 Å². The van der Waals surface area contributed by atoms with Gasteiger partial charge in [0.2, 0.25) is 5.91 Å². The minimum Gasteiger partial charge on any atom is -0.339 e. The number of rotatable bonds is 4. The lowest BCUT2D eigenvalue weighted by Crippen LogP contribution is -2.50. The van der Waals surface area contributed by atoms with E-state index in [1.807, 2.05) is 22.4 Å². The summed E-state index contributed by atoms with van der Waals surface area (Å²) in [6, 6.07) is 9.74. The van der Waals surface area contributed by atoms with Gasteiger partial charge in [-0.25, -0.2) is 4.39 Å². The molecule has 1 fully saturated rings. The van der Waals surface area contributed by atoms with Crippen LogP contribution in [0.1, 0.15) is 21.7 Å². The maximum Gasteiger partial charge on any atom is 0.254 e. The van der Waals surface area contributed by atoms with Crippen molar-refractivity contribution >= 4 is 23.2 Å². The lowest BCUT2D eigenvalue weighted by molar-refractivity contribution is -0.132. The molecule has 0 atom stereocenters. The van der Waals surface area contributed by atoms with Crippen molar-refractivity contribution in [2.24, 2.45) is 0 Å². The number of amides is 2. The van der Waals surface area contributed by atoms with Gasteiger partial charge in [0.1, 0.15) is 5.82 Å². The van der Waals surface area contributed by atoms with Gasteiger partial charge in [-0.2, -0.15) is 0 Å². The Morgan fingerprint density at radius 3 is 2.46 bits per heavy atom. The molecule has 1 aliphatic heterocycles. The van der Waals surface area contributed by atoms with E-state index < -0.39 is 5.82 Å². The first kappa shape index (κ1) is 16.6. The number of benzene rings is 1. The van der Waals surface area contributed by atoms with Crippen LogP contribution in [0.4, 0.5) is 4.39 Å². The lowest BCUT2D eigenvalue weighted by atomic mass is 10.1. The molecule has 1 aliphatic rings. The first-order chi connectivity index (χ1) is 11.6. The number of thiophene rings is 1. The summed E-state index contributed by atoms with van der Waals surface area (Å²) in [5.74, 6) is -0.468. The quantitative estimate of drug-likeness (QED) is 0.854. The number of hydrogen-bond acceptors (Lipinski definition) is 3. The zero-order chi connectivity index (χ0) is 16.9. The Bertz CT molecular complexity index is 710. The van der Waals surface area contributed by atoms with Crippen LogP contribution >= 0.6 is 11.3 Å². The SMILES string of the molecule is O=C(CCc1cccs1)N1CCN(C(=O)c2cccc(F)c2)CC1. The molecule has 6 heteroatoms. The molecule has 2 amide bonds. The van der Waals surface area contributed by atoms with Crippen LogP contribution in [0.25, 0.3) is 0 Å². The van der Waals surface area contributed by atoms with E-state index in [4.69, 9.17) is 0 Å². The van der Waals surface area contributed by atoms with E-state index in [-0.39, 0.29) is 11.8 Å². The minimum atomic E-state index is -0.414. The van der Waals surface area contributed by atoms with Crippen LogP contribution < -0.4 is 0 Å². The van der Waals surface area contributed by atoms with E-state index in [0.29, 0.717) is 38.2 Å². The molecule has 1 saturated heterocycles. The number of hydrogen-bond donors (Lipinski definition) is 0. The molecule has 0 N–H and O–H groups in total. The highest BCUT2D eigenvalue weighted by Gasteiger charge is 2.24. The molecular formula is C18H19FN2O2S. The van der Waals surface area contributed by atoms with Gasteiger partial charge in [0.05, 0.1) is 0 Å². The van der Waals surface area contributed by atoms with Crippen LogP contribution in [0.3, 0.4) is 0 Å². The van der Waals surface area contributed by atoms with Crippen molar-refractivity contribution < 1.29 is 14.0 Å². The fraction of sp³-hybridized carbons (Fsp3) is 0.333. The van der Waals surface area contributed by atoms with Crippen molar-refractivity contribution in [3.63, 3.8) is 0 Å². The summed E-state index contributed by atoms with van der Waals surface area (Å²) in [5.41, 5.74) is 0.354. The molecule has 0 unspecified atom stereocenters. The van der Waals surface area contributed by atoms with Crippen molar-refractivity contribution in [3.8, 4) is 0 Å². The van der Waals surface area contributed by atoms with Gasteiger partial charge in [0.15, 0.2) is 0 Å². The van der Waals surface area contributed by atoms with Crippen LogP contribution in [0, 0.1) is 5.82 Å². The van der Waals surface area contributed by atoms with Crippen LogP contribution in [-0.4, -0.2) is 47.8 Å². The Labute approximate surface area is 144 Å². The summed E-state index contributed by atoms with van der Waals surface area (Å²) < 4.78 is 13.2. The highest BCUT2D eigenvalue weighted by atomic mass is 32.1. The lowest BCUT2D eigenvalue weighted by Gasteiger charge is -2.35. The fourth-order valence-electron chi connectivity index (χ4n) is 2.81. The molecular weight excluding hydrogens is 327 g/mol. The minimum absolute atomic E-state index is 0.126. The Morgan fingerprint density at radius 2 is 1.79 bits per heavy atom. The zero-order valence-corrected chi connectivity index (χ0v) is 14.1. The third kappa shape index (κ3) is 4.00. The Kier molecular flexibility index (Phi) is 5.25. The standard InChI is InChI=1S/C18H19FN2O2S/c19-15-4-1-3-14(13-15)18(23)21-10-8-20(9-11-21)17(22)7-6-16-5-2-12-24-16/h1-5,12-13H,6-11H2. The predicted molar refractivity (Wildman–Crippen MR) is 91.5 cm³/mol. The smallest absolute Gasteiger partial charge is 0.254 e. The molecule has 24 heavy (non-hydrogen) atoms. The number of halogens is 1. The average Bonchev–Trinajstić information content (AvgIpc) is 3.13. The highest BCUT2D eigenvalue weighted by Crippen LogP contribution is 2.14. The summed E-state index contributed by atoms with van der Waals surface area (Å²) >= 11 is 1.66. The molecule has 0 spiro atoms. The number of nitrogens with zero attached hydrogens (tertiary/aromatic N) is 2. The molecule has 2 heterocycles. The molecule has 0 radical (unpaired) electrons. The van der Waals surface area contributed by atoms with E-state index in [2.05, 4.69) is 0 Å². The van der Waals surface area contributed by atoms with Gasteiger partial charge >= 0.3 is 0 Å². The number of aryl methyl sites for hydroxylation is 1. The average molecular weight is 346 g/mol. The summed E-state index contributed by atoms with van der Waals surface area (Å²) in [4.78, 5) is 29.3. The van der Waals surface area contributed by atoms with Gasteiger partial charge in [-0.1, -0.05) is 12.1 Å². The van der Waals surface area contributed by atoms with E-state index in [0.717, 1.165) is 6.42 Å². The van der Waals surface area contributed by atoms with Crippen molar-refractivity contribution in [1.82, 2.24) is 9.80 Å².